The van der Waals surface area contributed by atoms with Crippen LogP contribution in [0.5, 0.6) is 0 Å². The van der Waals surface area contributed by atoms with E-state index in [1.54, 1.807) is 0 Å². The van der Waals surface area contributed by atoms with Crippen molar-refractivity contribution in [2.24, 2.45) is 22.5 Å². The maximum Gasteiger partial charge on any atom is 0.241 e. The Balaban J connectivity index is 2.13. The number of rotatable bonds is 3. The Bertz CT molecular complexity index is 437. The molecule has 1 heterocycles. The number of ether oxygens (including phenoxy) is 1. The standard InChI is InChI=1S/C17H32N2O2/c1-14(2,3)10-15(4,5)19-13(20)17(18)11-8-9-21-12(11)16(17,6)7/h11-12H,8-10,18H2,1-7H3,(H,19,20). The van der Waals surface area contributed by atoms with Crippen LogP contribution in [0.25, 0.3) is 0 Å². The minimum atomic E-state index is -0.816. The van der Waals surface area contributed by atoms with Crippen LogP contribution in [-0.4, -0.2) is 29.7 Å². The van der Waals surface area contributed by atoms with Crippen LogP contribution in [0, 0.1) is 16.7 Å². The Kier molecular flexibility index (Phi) is 3.74. The summed E-state index contributed by atoms with van der Waals surface area (Å²) < 4.78 is 5.76. The molecular weight excluding hydrogens is 264 g/mol. The fourth-order valence-electron chi connectivity index (χ4n) is 4.63. The number of hydrogen-bond donors (Lipinski definition) is 2. The van der Waals surface area contributed by atoms with Gasteiger partial charge in [0.25, 0.3) is 0 Å². The Hall–Kier alpha value is -0.610. The molecular formula is C17H32N2O2. The molecule has 0 radical (unpaired) electrons. The number of carbonyl (C=O) groups is 1. The normalized spacial score (nSPS) is 35.0. The lowest BCUT2D eigenvalue weighted by Gasteiger charge is -2.61. The van der Waals surface area contributed by atoms with Gasteiger partial charge in [0, 0.05) is 23.5 Å². The molecule has 1 saturated carbocycles. The summed E-state index contributed by atoms with van der Waals surface area (Å²) in [4.78, 5) is 12.9. The van der Waals surface area contributed by atoms with Gasteiger partial charge >= 0.3 is 0 Å². The number of fused-ring (bicyclic) bond motifs is 1. The lowest BCUT2D eigenvalue weighted by molar-refractivity contribution is -0.176. The van der Waals surface area contributed by atoms with Gasteiger partial charge in [0.15, 0.2) is 0 Å². The highest BCUT2D eigenvalue weighted by molar-refractivity contribution is 5.90. The third-order valence-electron chi connectivity index (χ3n) is 5.25. The van der Waals surface area contributed by atoms with Crippen molar-refractivity contribution in [1.29, 1.82) is 0 Å². The van der Waals surface area contributed by atoms with Crippen LogP contribution in [0.3, 0.4) is 0 Å². The van der Waals surface area contributed by atoms with Gasteiger partial charge in [-0.1, -0.05) is 34.6 Å². The van der Waals surface area contributed by atoms with Gasteiger partial charge in [-0.25, -0.2) is 0 Å². The van der Waals surface area contributed by atoms with Gasteiger partial charge < -0.3 is 15.8 Å². The molecule has 4 nitrogen and oxygen atoms in total. The zero-order chi connectivity index (χ0) is 16.3. The summed E-state index contributed by atoms with van der Waals surface area (Å²) in [5.41, 5.74) is 5.36. The smallest absolute Gasteiger partial charge is 0.241 e. The molecule has 122 valence electrons. The highest BCUT2D eigenvalue weighted by Crippen LogP contribution is 2.58. The van der Waals surface area contributed by atoms with Crippen LogP contribution in [0.1, 0.15) is 61.3 Å². The van der Waals surface area contributed by atoms with E-state index in [9.17, 15) is 4.79 Å². The fourth-order valence-corrected chi connectivity index (χ4v) is 4.63. The minimum absolute atomic E-state index is 0.0199. The number of nitrogens with one attached hydrogen (secondary N) is 1. The van der Waals surface area contributed by atoms with Gasteiger partial charge in [-0.05, 0) is 32.1 Å². The van der Waals surface area contributed by atoms with Crippen molar-refractivity contribution in [3.05, 3.63) is 0 Å². The summed E-state index contributed by atoms with van der Waals surface area (Å²) in [6.07, 6.45) is 1.92. The molecule has 1 aliphatic carbocycles. The largest absolute Gasteiger partial charge is 0.377 e. The summed E-state index contributed by atoms with van der Waals surface area (Å²) in [6, 6.07) is 0. The predicted molar refractivity (Wildman–Crippen MR) is 84.8 cm³/mol. The van der Waals surface area contributed by atoms with Gasteiger partial charge in [0.05, 0.1) is 6.10 Å². The average molecular weight is 296 g/mol. The molecule has 4 heteroatoms. The maximum absolute atomic E-state index is 12.9. The number of nitrogens with two attached hydrogens (primary N) is 1. The van der Waals surface area contributed by atoms with E-state index in [0.717, 1.165) is 19.4 Å². The molecule has 1 amide bonds. The lowest BCUT2D eigenvalue weighted by atomic mass is 9.47. The van der Waals surface area contributed by atoms with Gasteiger partial charge in [0.1, 0.15) is 5.54 Å². The molecule has 2 fully saturated rings. The summed E-state index contributed by atoms with van der Waals surface area (Å²) in [5.74, 6) is 0.131. The first kappa shape index (κ1) is 16.8. The van der Waals surface area contributed by atoms with Crippen molar-refractivity contribution < 1.29 is 9.53 Å². The number of carbonyl (C=O) groups excluding carboxylic acids is 1. The molecule has 3 atom stereocenters. The molecule has 1 saturated heterocycles. The second-order valence-corrected chi connectivity index (χ2v) is 9.35. The molecule has 3 N–H and O–H groups in total. The van der Waals surface area contributed by atoms with E-state index in [1.807, 2.05) is 0 Å². The van der Waals surface area contributed by atoms with Crippen LogP contribution in [-0.2, 0) is 9.53 Å². The highest BCUT2D eigenvalue weighted by Gasteiger charge is 2.71. The first-order valence-electron chi connectivity index (χ1n) is 8.04. The third kappa shape index (κ3) is 2.61. The van der Waals surface area contributed by atoms with Crippen LogP contribution in [0.4, 0.5) is 0 Å². The quantitative estimate of drug-likeness (QED) is 0.841. The molecule has 0 aromatic carbocycles. The highest BCUT2D eigenvalue weighted by atomic mass is 16.5. The topological polar surface area (TPSA) is 64.4 Å². The average Bonchev–Trinajstić information content (AvgIpc) is 2.70. The van der Waals surface area contributed by atoms with Crippen molar-refractivity contribution in [3.63, 3.8) is 0 Å². The maximum atomic E-state index is 12.9. The monoisotopic (exact) mass is 296 g/mol. The van der Waals surface area contributed by atoms with E-state index in [-0.39, 0.29) is 34.3 Å². The second-order valence-electron chi connectivity index (χ2n) is 9.35. The van der Waals surface area contributed by atoms with E-state index in [0.29, 0.717) is 0 Å². The van der Waals surface area contributed by atoms with Crippen molar-refractivity contribution in [2.75, 3.05) is 6.61 Å². The van der Waals surface area contributed by atoms with Crippen molar-refractivity contribution >= 4 is 5.91 Å². The van der Waals surface area contributed by atoms with Crippen LogP contribution >= 0.6 is 0 Å². The molecule has 0 aromatic rings. The molecule has 0 bridgehead atoms. The summed E-state index contributed by atoms with van der Waals surface area (Å²) in [5, 5.41) is 3.20. The summed E-state index contributed by atoms with van der Waals surface area (Å²) in [7, 11) is 0. The second kappa shape index (κ2) is 4.69. The fraction of sp³-hybridized carbons (Fsp3) is 0.941. The summed E-state index contributed by atoms with van der Waals surface area (Å²) >= 11 is 0. The van der Waals surface area contributed by atoms with Crippen LogP contribution in [0.15, 0.2) is 0 Å². The SMILES string of the molecule is CC(C)(C)CC(C)(C)NC(=O)C1(N)C2CCOC2C1(C)C. The summed E-state index contributed by atoms with van der Waals surface area (Å²) in [6.45, 7) is 15.5. The van der Waals surface area contributed by atoms with Crippen molar-refractivity contribution in [3.8, 4) is 0 Å². The van der Waals surface area contributed by atoms with Gasteiger partial charge in [-0.15, -0.1) is 0 Å². The van der Waals surface area contributed by atoms with E-state index in [4.69, 9.17) is 10.5 Å². The van der Waals surface area contributed by atoms with E-state index >= 15 is 0 Å². The van der Waals surface area contributed by atoms with Gasteiger partial charge in [-0.3, -0.25) is 4.79 Å². The first-order valence-corrected chi connectivity index (χ1v) is 8.04. The number of amides is 1. The molecule has 2 rings (SSSR count). The van der Waals surface area contributed by atoms with Crippen LogP contribution in [0.2, 0.25) is 0 Å². The zero-order valence-corrected chi connectivity index (χ0v) is 14.7. The first-order chi connectivity index (χ1) is 9.31. The lowest BCUT2D eigenvalue weighted by Crippen LogP contribution is -2.81. The molecule has 3 unspecified atom stereocenters. The minimum Gasteiger partial charge on any atom is -0.377 e. The molecule has 0 aromatic heterocycles. The van der Waals surface area contributed by atoms with Crippen molar-refractivity contribution in [1.82, 2.24) is 5.32 Å². The predicted octanol–water partition coefficient (Wildman–Crippen LogP) is 2.46. The third-order valence-corrected chi connectivity index (χ3v) is 5.25. The molecule has 21 heavy (non-hydrogen) atoms. The van der Waals surface area contributed by atoms with Gasteiger partial charge in [0.2, 0.25) is 5.91 Å². The molecule has 2 aliphatic rings. The Morgan fingerprint density at radius 2 is 1.86 bits per heavy atom. The van der Waals surface area contributed by atoms with Crippen molar-refractivity contribution in [2.45, 2.75) is 78.5 Å². The van der Waals surface area contributed by atoms with E-state index < -0.39 is 5.54 Å². The Morgan fingerprint density at radius 3 is 2.38 bits per heavy atom. The zero-order valence-electron chi connectivity index (χ0n) is 14.7. The Morgan fingerprint density at radius 1 is 1.29 bits per heavy atom. The van der Waals surface area contributed by atoms with Crippen LogP contribution < -0.4 is 11.1 Å². The Labute approximate surface area is 129 Å². The number of hydrogen-bond acceptors (Lipinski definition) is 3. The van der Waals surface area contributed by atoms with Gasteiger partial charge in [-0.2, -0.15) is 0 Å². The van der Waals surface area contributed by atoms with E-state index in [1.165, 1.54) is 0 Å². The molecule has 0 spiro atoms. The van der Waals surface area contributed by atoms with E-state index in [2.05, 4.69) is 53.8 Å². The molecule has 1 aliphatic heterocycles.